The second-order valence-corrected chi connectivity index (χ2v) is 6.37. The van der Waals surface area contributed by atoms with Gasteiger partial charge in [0.15, 0.2) is 0 Å². The first-order valence-electron chi connectivity index (χ1n) is 8.66. The van der Waals surface area contributed by atoms with Crippen LogP contribution in [0.1, 0.15) is 40.7 Å². The summed E-state index contributed by atoms with van der Waals surface area (Å²) in [5.41, 5.74) is 7.92. The summed E-state index contributed by atoms with van der Waals surface area (Å²) >= 11 is 0. The standard InChI is InChI=1S/C21H25N3O2/c1-15-11-16(2)19(17(3)12-15)14-23-24-21(26)10-9-20(25)22-13-18-7-5-4-6-8-18/h4-8,11-12,14H,9-10,13H2,1-3H3,(H,22,25)(H,24,26). The number of aryl methyl sites for hydroxylation is 3. The Bertz CT molecular complexity index is 775. The second-order valence-electron chi connectivity index (χ2n) is 6.37. The lowest BCUT2D eigenvalue weighted by molar-refractivity contribution is -0.126. The van der Waals surface area contributed by atoms with Crippen LogP contribution >= 0.6 is 0 Å². The molecule has 2 N–H and O–H groups in total. The monoisotopic (exact) mass is 351 g/mol. The van der Waals surface area contributed by atoms with Crippen LogP contribution in [0.2, 0.25) is 0 Å². The molecule has 5 nitrogen and oxygen atoms in total. The second kappa shape index (κ2) is 9.51. The molecule has 2 aromatic carbocycles. The summed E-state index contributed by atoms with van der Waals surface area (Å²) in [4.78, 5) is 23.6. The SMILES string of the molecule is Cc1cc(C)c(C=NNC(=O)CCC(=O)NCc2ccccc2)c(C)c1. The first kappa shape index (κ1) is 19.4. The van der Waals surface area contributed by atoms with Crippen molar-refractivity contribution in [2.24, 2.45) is 5.10 Å². The zero-order chi connectivity index (χ0) is 18.9. The van der Waals surface area contributed by atoms with E-state index in [1.807, 2.05) is 51.1 Å². The quantitative estimate of drug-likeness (QED) is 0.594. The van der Waals surface area contributed by atoms with Crippen molar-refractivity contribution in [3.8, 4) is 0 Å². The summed E-state index contributed by atoms with van der Waals surface area (Å²) in [6.07, 6.45) is 1.89. The molecule has 2 aromatic rings. The Hall–Kier alpha value is -2.95. The first-order valence-corrected chi connectivity index (χ1v) is 8.66. The normalized spacial score (nSPS) is 10.7. The maximum absolute atomic E-state index is 11.8. The van der Waals surface area contributed by atoms with Crippen molar-refractivity contribution in [2.45, 2.75) is 40.2 Å². The van der Waals surface area contributed by atoms with Gasteiger partial charge in [-0.25, -0.2) is 5.43 Å². The summed E-state index contributed by atoms with van der Waals surface area (Å²) in [6.45, 7) is 6.54. The van der Waals surface area contributed by atoms with Gasteiger partial charge < -0.3 is 5.32 Å². The molecule has 0 aromatic heterocycles. The molecule has 0 bridgehead atoms. The third-order valence-electron chi connectivity index (χ3n) is 4.03. The average molecular weight is 351 g/mol. The molecule has 0 radical (unpaired) electrons. The Labute approximate surface area is 154 Å². The van der Waals surface area contributed by atoms with Gasteiger partial charge in [0.1, 0.15) is 0 Å². The third kappa shape index (κ3) is 6.16. The van der Waals surface area contributed by atoms with E-state index in [2.05, 4.69) is 28.0 Å². The number of carbonyl (C=O) groups is 2. The molecule has 2 amide bonds. The zero-order valence-corrected chi connectivity index (χ0v) is 15.5. The Morgan fingerprint density at radius 3 is 2.23 bits per heavy atom. The highest BCUT2D eigenvalue weighted by molar-refractivity contribution is 5.87. The number of amides is 2. The van der Waals surface area contributed by atoms with E-state index < -0.39 is 0 Å². The van der Waals surface area contributed by atoms with Gasteiger partial charge in [0.25, 0.3) is 0 Å². The van der Waals surface area contributed by atoms with Gasteiger partial charge in [-0.15, -0.1) is 0 Å². The predicted molar refractivity (Wildman–Crippen MR) is 104 cm³/mol. The van der Waals surface area contributed by atoms with Gasteiger partial charge >= 0.3 is 0 Å². The van der Waals surface area contributed by atoms with E-state index in [1.54, 1.807) is 6.21 Å². The highest BCUT2D eigenvalue weighted by Gasteiger charge is 2.06. The predicted octanol–water partition coefficient (Wildman–Crippen LogP) is 3.16. The molecule has 0 heterocycles. The molecule has 0 atom stereocenters. The number of carbonyl (C=O) groups excluding carboxylic acids is 2. The molecule has 0 saturated carbocycles. The van der Waals surface area contributed by atoms with Crippen molar-refractivity contribution in [3.05, 3.63) is 70.3 Å². The van der Waals surface area contributed by atoms with Crippen LogP contribution in [-0.4, -0.2) is 18.0 Å². The topological polar surface area (TPSA) is 70.6 Å². The van der Waals surface area contributed by atoms with Gasteiger partial charge in [0, 0.05) is 24.9 Å². The van der Waals surface area contributed by atoms with Gasteiger partial charge in [0.2, 0.25) is 11.8 Å². The van der Waals surface area contributed by atoms with Crippen LogP contribution in [0.3, 0.4) is 0 Å². The Kier molecular flexibility index (Phi) is 7.09. The molecular formula is C21H25N3O2. The molecule has 0 saturated heterocycles. The van der Waals surface area contributed by atoms with Gasteiger partial charge in [0.05, 0.1) is 6.21 Å². The summed E-state index contributed by atoms with van der Waals surface area (Å²) in [5.74, 6) is -0.434. The molecule has 0 aliphatic carbocycles. The number of nitrogens with one attached hydrogen (secondary N) is 2. The molecule has 0 spiro atoms. The lowest BCUT2D eigenvalue weighted by atomic mass is 10.0. The highest BCUT2D eigenvalue weighted by atomic mass is 16.2. The van der Waals surface area contributed by atoms with E-state index in [-0.39, 0.29) is 24.7 Å². The molecule has 5 heteroatoms. The molecular weight excluding hydrogens is 326 g/mol. The lowest BCUT2D eigenvalue weighted by Gasteiger charge is -2.07. The number of hydrogen-bond acceptors (Lipinski definition) is 3. The Balaban J connectivity index is 1.74. The number of benzene rings is 2. The summed E-state index contributed by atoms with van der Waals surface area (Å²) in [6, 6.07) is 13.8. The van der Waals surface area contributed by atoms with Crippen LogP contribution in [0.5, 0.6) is 0 Å². The fraction of sp³-hybridized carbons (Fsp3) is 0.286. The van der Waals surface area contributed by atoms with Crippen LogP contribution in [-0.2, 0) is 16.1 Å². The summed E-state index contributed by atoms with van der Waals surface area (Å²) in [5, 5.41) is 6.81. The van der Waals surface area contributed by atoms with E-state index in [0.717, 1.165) is 22.3 Å². The average Bonchev–Trinajstić information content (AvgIpc) is 2.61. The number of hydrogen-bond donors (Lipinski definition) is 2. The van der Waals surface area contributed by atoms with Crippen LogP contribution in [0.15, 0.2) is 47.6 Å². The Morgan fingerprint density at radius 1 is 0.962 bits per heavy atom. The lowest BCUT2D eigenvalue weighted by Crippen LogP contribution is -2.25. The number of nitrogens with zero attached hydrogens (tertiary/aromatic N) is 1. The Morgan fingerprint density at radius 2 is 1.58 bits per heavy atom. The molecule has 136 valence electrons. The summed E-state index contributed by atoms with van der Waals surface area (Å²) in [7, 11) is 0. The zero-order valence-electron chi connectivity index (χ0n) is 15.5. The van der Waals surface area contributed by atoms with Crippen LogP contribution < -0.4 is 10.7 Å². The van der Waals surface area contributed by atoms with E-state index in [9.17, 15) is 9.59 Å². The van der Waals surface area contributed by atoms with Crippen LogP contribution in [0.25, 0.3) is 0 Å². The largest absolute Gasteiger partial charge is 0.352 e. The van der Waals surface area contributed by atoms with Crippen molar-refractivity contribution in [3.63, 3.8) is 0 Å². The number of hydrazone groups is 1. The van der Waals surface area contributed by atoms with E-state index in [4.69, 9.17) is 0 Å². The van der Waals surface area contributed by atoms with E-state index in [1.165, 1.54) is 5.56 Å². The molecule has 0 aliphatic heterocycles. The minimum Gasteiger partial charge on any atom is -0.352 e. The molecule has 0 aliphatic rings. The van der Waals surface area contributed by atoms with Crippen LogP contribution in [0.4, 0.5) is 0 Å². The van der Waals surface area contributed by atoms with Gasteiger partial charge in [-0.2, -0.15) is 5.10 Å². The van der Waals surface area contributed by atoms with Crippen molar-refractivity contribution >= 4 is 18.0 Å². The fourth-order valence-electron chi connectivity index (χ4n) is 2.73. The van der Waals surface area contributed by atoms with Crippen molar-refractivity contribution < 1.29 is 9.59 Å². The van der Waals surface area contributed by atoms with Crippen molar-refractivity contribution in [1.29, 1.82) is 0 Å². The van der Waals surface area contributed by atoms with Crippen LogP contribution in [0, 0.1) is 20.8 Å². The molecule has 26 heavy (non-hydrogen) atoms. The van der Waals surface area contributed by atoms with Gasteiger partial charge in [-0.3, -0.25) is 9.59 Å². The first-order chi connectivity index (χ1) is 12.5. The molecule has 0 fully saturated rings. The third-order valence-corrected chi connectivity index (χ3v) is 4.03. The highest BCUT2D eigenvalue weighted by Crippen LogP contribution is 2.14. The van der Waals surface area contributed by atoms with Gasteiger partial charge in [-0.1, -0.05) is 48.0 Å². The smallest absolute Gasteiger partial charge is 0.240 e. The fourth-order valence-corrected chi connectivity index (χ4v) is 2.73. The summed E-state index contributed by atoms with van der Waals surface area (Å²) < 4.78 is 0. The molecule has 2 rings (SSSR count). The maximum atomic E-state index is 11.8. The number of rotatable bonds is 7. The van der Waals surface area contributed by atoms with Crippen molar-refractivity contribution in [1.82, 2.24) is 10.7 Å². The molecule has 0 unspecified atom stereocenters. The van der Waals surface area contributed by atoms with E-state index >= 15 is 0 Å². The van der Waals surface area contributed by atoms with Crippen molar-refractivity contribution in [2.75, 3.05) is 0 Å². The van der Waals surface area contributed by atoms with Gasteiger partial charge in [-0.05, 0) is 37.5 Å². The minimum absolute atomic E-state index is 0.101. The minimum atomic E-state index is -0.279. The maximum Gasteiger partial charge on any atom is 0.240 e. The van der Waals surface area contributed by atoms with E-state index in [0.29, 0.717) is 6.54 Å².